The van der Waals surface area contributed by atoms with Gasteiger partial charge in [0.1, 0.15) is 0 Å². The average Bonchev–Trinajstić information content (AvgIpc) is 2.19. The van der Waals surface area contributed by atoms with Crippen molar-refractivity contribution in [2.75, 3.05) is 0 Å². The molecule has 76 valence electrons. The van der Waals surface area contributed by atoms with E-state index in [1.54, 1.807) is 30.3 Å². The molecule has 1 aromatic carbocycles. The molecule has 0 saturated heterocycles. The number of carboxylic acid groups (broad SMARTS) is 1. The molecule has 1 atom stereocenters. The molecule has 0 saturated carbocycles. The highest BCUT2D eigenvalue weighted by atomic mass is 16.4. The van der Waals surface area contributed by atoms with Crippen LogP contribution in [-0.4, -0.2) is 16.2 Å². The fourth-order valence-electron chi connectivity index (χ4n) is 1.45. The number of hydrogen-bond acceptors (Lipinski definition) is 2. The van der Waals surface area contributed by atoms with Gasteiger partial charge in [-0.15, -0.1) is 0 Å². The van der Waals surface area contributed by atoms with E-state index in [0.29, 0.717) is 12.0 Å². The Kier molecular flexibility index (Phi) is 3.25. The molecule has 0 unspecified atom stereocenters. The Bertz CT molecular complexity index is 308. The first-order valence-electron chi connectivity index (χ1n) is 4.62. The summed E-state index contributed by atoms with van der Waals surface area (Å²) in [6.45, 7) is 1.84. The normalized spacial score (nSPS) is 14.7. The molecule has 3 heteroatoms. The van der Waals surface area contributed by atoms with Crippen molar-refractivity contribution < 1.29 is 15.0 Å². The highest BCUT2D eigenvalue weighted by molar-refractivity contribution is 5.79. The van der Waals surface area contributed by atoms with E-state index in [1.165, 1.54) is 0 Å². The van der Waals surface area contributed by atoms with Crippen LogP contribution in [0.4, 0.5) is 0 Å². The molecule has 0 heterocycles. The van der Waals surface area contributed by atoms with E-state index in [4.69, 9.17) is 5.11 Å². The van der Waals surface area contributed by atoms with Crippen molar-refractivity contribution in [1.82, 2.24) is 0 Å². The number of hydrogen-bond donors (Lipinski definition) is 2. The standard InChI is InChI=1S/C11H14O3/c1-2-8-11(14,10(12)13)9-6-4-3-5-7-9/h3-7,14H,2,8H2,1H3,(H,12,13)/t11-/m1/s1. The maximum Gasteiger partial charge on any atom is 0.340 e. The zero-order valence-electron chi connectivity index (χ0n) is 8.10. The van der Waals surface area contributed by atoms with Crippen molar-refractivity contribution in [3.8, 4) is 0 Å². The molecule has 0 fully saturated rings. The highest BCUT2D eigenvalue weighted by Crippen LogP contribution is 2.26. The van der Waals surface area contributed by atoms with Crippen molar-refractivity contribution >= 4 is 5.97 Å². The minimum atomic E-state index is -1.74. The van der Waals surface area contributed by atoms with Crippen LogP contribution in [-0.2, 0) is 10.4 Å². The Morgan fingerprint density at radius 2 is 1.93 bits per heavy atom. The van der Waals surface area contributed by atoms with Crippen molar-refractivity contribution in [3.63, 3.8) is 0 Å². The Balaban J connectivity index is 3.06. The van der Waals surface area contributed by atoms with E-state index in [2.05, 4.69) is 0 Å². The Morgan fingerprint density at radius 3 is 2.36 bits per heavy atom. The fourth-order valence-corrected chi connectivity index (χ4v) is 1.45. The Labute approximate surface area is 83.0 Å². The lowest BCUT2D eigenvalue weighted by Gasteiger charge is -2.23. The van der Waals surface area contributed by atoms with Crippen molar-refractivity contribution in [1.29, 1.82) is 0 Å². The summed E-state index contributed by atoms with van der Waals surface area (Å²) in [5.41, 5.74) is -1.30. The Morgan fingerprint density at radius 1 is 1.36 bits per heavy atom. The quantitative estimate of drug-likeness (QED) is 0.767. The van der Waals surface area contributed by atoms with Gasteiger partial charge in [0.05, 0.1) is 0 Å². The third-order valence-electron chi connectivity index (χ3n) is 2.22. The number of carboxylic acids is 1. The van der Waals surface area contributed by atoms with Gasteiger partial charge in [-0.05, 0) is 12.0 Å². The lowest BCUT2D eigenvalue weighted by Crippen LogP contribution is -2.35. The topological polar surface area (TPSA) is 57.5 Å². The van der Waals surface area contributed by atoms with Gasteiger partial charge < -0.3 is 10.2 Å². The van der Waals surface area contributed by atoms with Crippen LogP contribution in [0.15, 0.2) is 30.3 Å². The molecule has 0 aliphatic heterocycles. The van der Waals surface area contributed by atoms with Crippen molar-refractivity contribution in [2.24, 2.45) is 0 Å². The summed E-state index contributed by atoms with van der Waals surface area (Å²) in [6, 6.07) is 8.49. The number of aliphatic hydroxyl groups is 1. The monoisotopic (exact) mass is 194 g/mol. The lowest BCUT2D eigenvalue weighted by atomic mass is 9.89. The third kappa shape index (κ3) is 1.93. The zero-order chi connectivity index (χ0) is 10.6. The lowest BCUT2D eigenvalue weighted by molar-refractivity contribution is -0.160. The van der Waals surface area contributed by atoms with E-state index in [1.807, 2.05) is 6.92 Å². The minimum absolute atomic E-state index is 0.229. The summed E-state index contributed by atoms with van der Waals surface area (Å²) in [5.74, 6) is -1.19. The minimum Gasteiger partial charge on any atom is -0.479 e. The molecule has 0 amide bonds. The number of aliphatic carboxylic acids is 1. The second-order valence-corrected chi connectivity index (χ2v) is 3.28. The van der Waals surface area contributed by atoms with E-state index >= 15 is 0 Å². The third-order valence-corrected chi connectivity index (χ3v) is 2.22. The summed E-state index contributed by atoms with van der Waals surface area (Å²) >= 11 is 0. The Hall–Kier alpha value is -1.35. The van der Waals surface area contributed by atoms with Gasteiger partial charge in [0.25, 0.3) is 0 Å². The van der Waals surface area contributed by atoms with Gasteiger partial charge in [0.2, 0.25) is 0 Å². The number of rotatable bonds is 4. The largest absolute Gasteiger partial charge is 0.479 e. The molecule has 0 aliphatic carbocycles. The summed E-state index contributed by atoms with van der Waals surface area (Å²) in [5, 5.41) is 18.9. The molecule has 0 aromatic heterocycles. The smallest absolute Gasteiger partial charge is 0.340 e. The first-order chi connectivity index (χ1) is 6.61. The van der Waals surface area contributed by atoms with Gasteiger partial charge in [-0.3, -0.25) is 0 Å². The zero-order valence-corrected chi connectivity index (χ0v) is 8.10. The van der Waals surface area contributed by atoms with Crippen LogP contribution in [0.5, 0.6) is 0 Å². The van der Waals surface area contributed by atoms with Crippen LogP contribution < -0.4 is 0 Å². The molecule has 0 bridgehead atoms. The summed E-state index contributed by atoms with van der Waals surface area (Å²) in [7, 11) is 0. The molecule has 0 aliphatic rings. The predicted molar refractivity (Wildman–Crippen MR) is 52.9 cm³/mol. The number of carbonyl (C=O) groups is 1. The SMILES string of the molecule is CCC[C@](O)(C(=O)O)c1ccccc1. The second kappa shape index (κ2) is 4.24. The molecular weight excluding hydrogens is 180 g/mol. The van der Waals surface area contributed by atoms with Crippen LogP contribution in [0.1, 0.15) is 25.3 Å². The summed E-state index contributed by atoms with van der Waals surface area (Å²) in [6.07, 6.45) is 0.851. The number of benzene rings is 1. The van der Waals surface area contributed by atoms with E-state index in [9.17, 15) is 9.90 Å². The molecule has 2 N–H and O–H groups in total. The molecule has 0 radical (unpaired) electrons. The summed E-state index contributed by atoms with van der Waals surface area (Å²) < 4.78 is 0. The van der Waals surface area contributed by atoms with Crippen molar-refractivity contribution in [3.05, 3.63) is 35.9 Å². The van der Waals surface area contributed by atoms with Gasteiger partial charge in [-0.1, -0.05) is 43.7 Å². The van der Waals surface area contributed by atoms with Gasteiger partial charge >= 0.3 is 5.97 Å². The van der Waals surface area contributed by atoms with Gasteiger partial charge in [-0.2, -0.15) is 0 Å². The maximum absolute atomic E-state index is 11.0. The molecule has 0 spiro atoms. The summed E-state index contributed by atoms with van der Waals surface area (Å²) in [4.78, 5) is 11.0. The molecule has 3 nitrogen and oxygen atoms in total. The first kappa shape index (κ1) is 10.7. The second-order valence-electron chi connectivity index (χ2n) is 3.28. The van der Waals surface area contributed by atoms with E-state index in [0.717, 1.165) is 0 Å². The maximum atomic E-state index is 11.0. The predicted octanol–water partition coefficient (Wildman–Crippen LogP) is 1.76. The van der Waals surface area contributed by atoms with Crippen LogP contribution in [0, 0.1) is 0 Å². The van der Waals surface area contributed by atoms with Crippen LogP contribution >= 0.6 is 0 Å². The van der Waals surface area contributed by atoms with Crippen molar-refractivity contribution in [2.45, 2.75) is 25.4 Å². The fraction of sp³-hybridized carbons (Fsp3) is 0.364. The van der Waals surface area contributed by atoms with Crippen LogP contribution in [0.3, 0.4) is 0 Å². The van der Waals surface area contributed by atoms with Gasteiger partial charge in [0, 0.05) is 0 Å². The van der Waals surface area contributed by atoms with E-state index < -0.39 is 11.6 Å². The molecule has 14 heavy (non-hydrogen) atoms. The van der Waals surface area contributed by atoms with Crippen LogP contribution in [0.2, 0.25) is 0 Å². The molecule has 1 rings (SSSR count). The average molecular weight is 194 g/mol. The molecule has 1 aromatic rings. The van der Waals surface area contributed by atoms with Gasteiger partial charge in [-0.25, -0.2) is 4.79 Å². The molecular formula is C11H14O3. The van der Waals surface area contributed by atoms with Crippen LogP contribution in [0.25, 0.3) is 0 Å². The highest BCUT2D eigenvalue weighted by Gasteiger charge is 2.36. The first-order valence-corrected chi connectivity index (χ1v) is 4.62. The van der Waals surface area contributed by atoms with Gasteiger partial charge in [0.15, 0.2) is 5.60 Å². The van der Waals surface area contributed by atoms with E-state index in [-0.39, 0.29) is 6.42 Å².